The predicted octanol–water partition coefficient (Wildman–Crippen LogP) is 1.52. The number of amides is 1. The summed E-state index contributed by atoms with van der Waals surface area (Å²) in [5, 5.41) is 6.25. The lowest BCUT2D eigenvalue weighted by atomic mass is 10.2. The van der Waals surface area contributed by atoms with Gasteiger partial charge in [0.2, 0.25) is 5.91 Å². The first kappa shape index (κ1) is 13.8. The van der Waals surface area contributed by atoms with Gasteiger partial charge in [-0.3, -0.25) is 9.69 Å². The topological polar surface area (TPSA) is 44.4 Å². The molecule has 1 saturated heterocycles. The highest BCUT2D eigenvalue weighted by Gasteiger charge is 2.20. The standard InChI is InChI=1S/C13H18IN3O/c1-10-8-15-6-7-17(10)9-13(18)16-12-4-2-11(14)3-5-12/h2-5,10,15H,6-9H2,1H3,(H,16,18)/t10-/m1/s1. The molecule has 18 heavy (non-hydrogen) atoms. The van der Waals surface area contributed by atoms with Gasteiger partial charge in [-0.2, -0.15) is 0 Å². The van der Waals surface area contributed by atoms with Crippen LogP contribution in [0.25, 0.3) is 0 Å². The minimum absolute atomic E-state index is 0.0601. The van der Waals surface area contributed by atoms with Crippen molar-refractivity contribution < 1.29 is 4.79 Å². The lowest BCUT2D eigenvalue weighted by molar-refractivity contribution is -0.118. The fourth-order valence-corrected chi connectivity index (χ4v) is 2.40. The minimum Gasteiger partial charge on any atom is -0.325 e. The van der Waals surface area contributed by atoms with Crippen molar-refractivity contribution in [3.63, 3.8) is 0 Å². The largest absolute Gasteiger partial charge is 0.325 e. The van der Waals surface area contributed by atoms with Crippen LogP contribution in [0.2, 0.25) is 0 Å². The normalized spacial score (nSPS) is 20.7. The zero-order valence-electron chi connectivity index (χ0n) is 10.4. The number of nitrogens with one attached hydrogen (secondary N) is 2. The Morgan fingerprint density at radius 1 is 1.50 bits per heavy atom. The average Bonchev–Trinajstić information content (AvgIpc) is 2.35. The number of halogens is 1. The van der Waals surface area contributed by atoms with E-state index in [4.69, 9.17) is 0 Å². The van der Waals surface area contributed by atoms with E-state index in [1.165, 1.54) is 3.57 Å². The van der Waals surface area contributed by atoms with Crippen LogP contribution in [0.1, 0.15) is 6.92 Å². The number of piperazine rings is 1. The van der Waals surface area contributed by atoms with Gasteiger partial charge in [0.05, 0.1) is 6.54 Å². The van der Waals surface area contributed by atoms with E-state index in [9.17, 15) is 4.79 Å². The zero-order chi connectivity index (χ0) is 13.0. The minimum atomic E-state index is 0.0601. The van der Waals surface area contributed by atoms with Crippen molar-refractivity contribution in [2.75, 3.05) is 31.5 Å². The molecule has 1 aromatic rings. The highest BCUT2D eigenvalue weighted by Crippen LogP contribution is 2.11. The van der Waals surface area contributed by atoms with Crippen molar-refractivity contribution in [1.29, 1.82) is 0 Å². The zero-order valence-corrected chi connectivity index (χ0v) is 12.6. The molecule has 2 rings (SSSR count). The summed E-state index contributed by atoms with van der Waals surface area (Å²) in [6, 6.07) is 8.26. The Hall–Kier alpha value is -0.660. The second-order valence-corrected chi connectivity index (χ2v) is 5.82. The number of nitrogens with zero attached hydrogens (tertiary/aromatic N) is 1. The van der Waals surface area contributed by atoms with Crippen molar-refractivity contribution in [2.24, 2.45) is 0 Å². The van der Waals surface area contributed by atoms with Gasteiger partial charge in [-0.15, -0.1) is 0 Å². The number of hydrogen-bond acceptors (Lipinski definition) is 3. The molecule has 1 aliphatic rings. The Balaban J connectivity index is 1.86. The highest BCUT2D eigenvalue weighted by molar-refractivity contribution is 14.1. The van der Waals surface area contributed by atoms with E-state index in [1.807, 2.05) is 24.3 Å². The fraction of sp³-hybridized carbons (Fsp3) is 0.462. The molecule has 1 atom stereocenters. The van der Waals surface area contributed by atoms with Crippen molar-refractivity contribution in [2.45, 2.75) is 13.0 Å². The molecule has 0 spiro atoms. The van der Waals surface area contributed by atoms with Gasteiger partial charge in [-0.1, -0.05) is 0 Å². The quantitative estimate of drug-likeness (QED) is 0.805. The molecule has 0 aliphatic carbocycles. The number of carbonyl (C=O) groups excluding carboxylic acids is 1. The Morgan fingerprint density at radius 2 is 2.22 bits per heavy atom. The van der Waals surface area contributed by atoms with E-state index in [-0.39, 0.29) is 5.91 Å². The summed E-state index contributed by atoms with van der Waals surface area (Å²) in [6.07, 6.45) is 0. The number of benzene rings is 1. The van der Waals surface area contributed by atoms with Crippen molar-refractivity contribution in [3.8, 4) is 0 Å². The maximum absolute atomic E-state index is 11.9. The lowest BCUT2D eigenvalue weighted by Crippen LogP contribution is -2.51. The smallest absolute Gasteiger partial charge is 0.238 e. The van der Waals surface area contributed by atoms with Gasteiger partial charge in [-0.25, -0.2) is 0 Å². The van der Waals surface area contributed by atoms with Crippen LogP contribution in [0.4, 0.5) is 5.69 Å². The van der Waals surface area contributed by atoms with E-state index >= 15 is 0 Å². The van der Waals surface area contributed by atoms with Crippen LogP contribution in [0.15, 0.2) is 24.3 Å². The average molecular weight is 359 g/mol. The van der Waals surface area contributed by atoms with Gasteiger partial charge in [0, 0.05) is 34.9 Å². The molecule has 1 amide bonds. The van der Waals surface area contributed by atoms with Gasteiger partial charge in [0.1, 0.15) is 0 Å². The fourth-order valence-electron chi connectivity index (χ4n) is 2.04. The van der Waals surface area contributed by atoms with Crippen molar-refractivity contribution in [3.05, 3.63) is 27.8 Å². The third-order valence-electron chi connectivity index (χ3n) is 3.11. The second-order valence-electron chi connectivity index (χ2n) is 4.58. The Labute approximate surface area is 121 Å². The molecule has 5 heteroatoms. The Bertz CT molecular complexity index is 407. The molecule has 1 aliphatic heterocycles. The lowest BCUT2D eigenvalue weighted by Gasteiger charge is -2.33. The predicted molar refractivity (Wildman–Crippen MR) is 81.7 cm³/mol. The van der Waals surface area contributed by atoms with Gasteiger partial charge >= 0.3 is 0 Å². The molecule has 1 aromatic carbocycles. The number of carbonyl (C=O) groups is 1. The summed E-state index contributed by atoms with van der Waals surface area (Å²) in [6.45, 7) is 5.46. The molecule has 0 bridgehead atoms. The maximum atomic E-state index is 11.9. The number of rotatable bonds is 3. The molecule has 0 saturated carbocycles. The third-order valence-corrected chi connectivity index (χ3v) is 3.83. The van der Waals surface area contributed by atoms with E-state index < -0.39 is 0 Å². The first-order chi connectivity index (χ1) is 8.65. The molecule has 0 unspecified atom stereocenters. The molecule has 4 nitrogen and oxygen atoms in total. The van der Waals surface area contributed by atoms with Crippen LogP contribution in [0.3, 0.4) is 0 Å². The van der Waals surface area contributed by atoms with Crippen LogP contribution in [0.5, 0.6) is 0 Å². The third kappa shape index (κ3) is 3.93. The van der Waals surface area contributed by atoms with E-state index in [0.717, 1.165) is 25.3 Å². The van der Waals surface area contributed by atoms with Crippen LogP contribution >= 0.6 is 22.6 Å². The SMILES string of the molecule is C[C@@H]1CNCCN1CC(=O)Nc1ccc(I)cc1. The molecule has 2 N–H and O–H groups in total. The Morgan fingerprint density at radius 3 is 2.89 bits per heavy atom. The number of anilines is 1. The molecular weight excluding hydrogens is 341 g/mol. The van der Waals surface area contributed by atoms with E-state index in [2.05, 4.69) is 45.0 Å². The summed E-state index contributed by atoms with van der Waals surface area (Å²) in [5.41, 5.74) is 0.864. The summed E-state index contributed by atoms with van der Waals surface area (Å²) in [5.74, 6) is 0.0601. The highest BCUT2D eigenvalue weighted by atomic mass is 127. The van der Waals surface area contributed by atoms with Crippen LogP contribution in [-0.4, -0.2) is 43.0 Å². The maximum Gasteiger partial charge on any atom is 0.238 e. The van der Waals surface area contributed by atoms with E-state index in [1.54, 1.807) is 0 Å². The first-order valence-corrected chi connectivity index (χ1v) is 7.23. The van der Waals surface area contributed by atoms with Gasteiger partial charge in [0.25, 0.3) is 0 Å². The Kier molecular flexibility index (Phi) is 4.96. The summed E-state index contributed by atoms with van der Waals surface area (Å²) in [7, 11) is 0. The van der Waals surface area contributed by atoms with Gasteiger partial charge in [0.15, 0.2) is 0 Å². The van der Waals surface area contributed by atoms with Crippen LogP contribution in [0, 0.1) is 3.57 Å². The van der Waals surface area contributed by atoms with Crippen LogP contribution < -0.4 is 10.6 Å². The van der Waals surface area contributed by atoms with E-state index in [0.29, 0.717) is 12.6 Å². The summed E-state index contributed by atoms with van der Waals surface area (Å²) >= 11 is 2.25. The molecule has 1 heterocycles. The summed E-state index contributed by atoms with van der Waals surface area (Å²) in [4.78, 5) is 14.1. The molecular formula is C13H18IN3O. The molecule has 0 aromatic heterocycles. The summed E-state index contributed by atoms with van der Waals surface area (Å²) < 4.78 is 1.17. The van der Waals surface area contributed by atoms with Crippen molar-refractivity contribution in [1.82, 2.24) is 10.2 Å². The monoisotopic (exact) mass is 359 g/mol. The number of hydrogen-bond donors (Lipinski definition) is 2. The molecule has 0 radical (unpaired) electrons. The second kappa shape index (κ2) is 6.49. The van der Waals surface area contributed by atoms with Crippen molar-refractivity contribution >= 4 is 34.2 Å². The van der Waals surface area contributed by atoms with Gasteiger partial charge < -0.3 is 10.6 Å². The van der Waals surface area contributed by atoms with Crippen LogP contribution in [-0.2, 0) is 4.79 Å². The molecule has 1 fully saturated rings. The van der Waals surface area contributed by atoms with Gasteiger partial charge in [-0.05, 0) is 53.8 Å². The first-order valence-electron chi connectivity index (χ1n) is 6.15. The molecule has 98 valence electrons.